The zero-order valence-corrected chi connectivity index (χ0v) is 29.9. The number of aliphatic carboxylic acids is 2. The number of carbonyl (C=O) groups is 7. The Labute approximate surface area is 307 Å². The number of rotatable bonds is 20. The molecule has 0 unspecified atom stereocenters. The van der Waals surface area contributed by atoms with Gasteiger partial charge in [0, 0.05) is 65.4 Å². The lowest BCUT2D eigenvalue weighted by Gasteiger charge is -2.33. The number of carbonyl (C=O) groups excluding carboxylic acids is 5. The number of benzene rings is 1. The smallest absolute Gasteiger partial charge is 0.407 e. The van der Waals surface area contributed by atoms with Crippen molar-refractivity contribution >= 4 is 41.7 Å². The summed E-state index contributed by atoms with van der Waals surface area (Å²) in [5.41, 5.74) is 0.832. The number of carboxylic acids is 2. The van der Waals surface area contributed by atoms with E-state index in [2.05, 4.69) is 31.5 Å². The first kappa shape index (κ1) is 44.2. The van der Waals surface area contributed by atoms with E-state index < -0.39 is 42.9 Å². The Kier molecular flexibility index (Phi) is 21.6. The van der Waals surface area contributed by atoms with Gasteiger partial charge in [0.25, 0.3) is 0 Å². The molecule has 21 nitrogen and oxygen atoms in total. The van der Waals surface area contributed by atoms with E-state index in [4.69, 9.17) is 19.8 Å². The zero-order chi connectivity index (χ0) is 38.8. The fourth-order valence-corrected chi connectivity index (χ4v) is 4.90. The number of carboxylic acid groups (broad SMARTS) is 2. The van der Waals surface area contributed by atoms with Crippen molar-refractivity contribution in [2.75, 3.05) is 119 Å². The fourth-order valence-electron chi connectivity index (χ4n) is 4.90. The van der Waals surface area contributed by atoms with Crippen molar-refractivity contribution in [1.82, 2.24) is 46.2 Å². The molecule has 0 bridgehead atoms. The second-order valence-electron chi connectivity index (χ2n) is 11.8. The first-order valence-electron chi connectivity index (χ1n) is 16.9. The number of alkyl carbamates (subject to hydrolysis) is 1. The highest BCUT2D eigenvalue weighted by atomic mass is 17.2. The lowest BCUT2D eigenvalue weighted by molar-refractivity contribution is -0.275. The molecule has 0 atom stereocenters. The molecule has 21 heteroatoms. The van der Waals surface area contributed by atoms with Crippen LogP contribution in [0, 0.1) is 0 Å². The Morgan fingerprint density at radius 3 is 1.40 bits per heavy atom. The number of ether oxygens (including phenoxy) is 1. The Bertz CT molecular complexity index is 1320. The molecule has 1 aromatic rings. The fraction of sp³-hybridized carbons (Fsp3) is 0.594. The number of hydrogen-bond donors (Lipinski definition) is 7. The van der Waals surface area contributed by atoms with E-state index in [1.165, 1.54) is 7.11 Å². The molecule has 1 aliphatic rings. The van der Waals surface area contributed by atoms with Crippen LogP contribution in [0.2, 0.25) is 0 Å². The van der Waals surface area contributed by atoms with Gasteiger partial charge in [-0.25, -0.2) is 14.6 Å². The van der Waals surface area contributed by atoms with Crippen LogP contribution in [0.5, 0.6) is 0 Å². The van der Waals surface area contributed by atoms with Crippen LogP contribution in [-0.2, 0) is 49.9 Å². The van der Waals surface area contributed by atoms with Crippen molar-refractivity contribution in [3.63, 3.8) is 0 Å². The maximum absolute atomic E-state index is 13.0. The summed E-state index contributed by atoms with van der Waals surface area (Å²) >= 11 is 0. The first-order valence-corrected chi connectivity index (χ1v) is 16.9. The molecule has 1 aromatic carbocycles. The Balaban J connectivity index is 2.08. The summed E-state index contributed by atoms with van der Waals surface area (Å²) in [5.74, 6) is -4.15. The normalized spacial score (nSPS) is 15.2. The summed E-state index contributed by atoms with van der Waals surface area (Å²) in [6.45, 7) is 0.965. The molecule has 5 amide bonds. The maximum atomic E-state index is 13.0. The van der Waals surface area contributed by atoms with E-state index in [0.29, 0.717) is 26.2 Å². The third-order valence-corrected chi connectivity index (χ3v) is 7.65. The average Bonchev–Trinajstić information content (AvgIpc) is 3.12. The number of hydrogen-bond acceptors (Lipinski definition) is 14. The minimum atomic E-state index is -1.20. The van der Waals surface area contributed by atoms with E-state index in [0.717, 1.165) is 5.56 Å². The average molecular weight is 754 g/mol. The van der Waals surface area contributed by atoms with Gasteiger partial charge in [-0.15, -0.1) is 0 Å². The Morgan fingerprint density at radius 2 is 0.981 bits per heavy atom. The highest BCUT2D eigenvalue weighted by molar-refractivity contribution is 5.83. The van der Waals surface area contributed by atoms with Crippen molar-refractivity contribution in [3.05, 3.63) is 35.9 Å². The predicted octanol–water partition coefficient (Wildman–Crippen LogP) is -3.70. The van der Waals surface area contributed by atoms with Crippen LogP contribution >= 0.6 is 0 Å². The molecule has 0 aliphatic carbocycles. The Hall–Kier alpha value is -4.93. The number of amides is 5. The van der Waals surface area contributed by atoms with Gasteiger partial charge in [0.1, 0.15) is 19.7 Å². The van der Waals surface area contributed by atoms with Crippen LogP contribution in [0.3, 0.4) is 0 Å². The zero-order valence-electron chi connectivity index (χ0n) is 29.9. The second-order valence-corrected chi connectivity index (χ2v) is 11.8. The van der Waals surface area contributed by atoms with Crippen molar-refractivity contribution in [3.8, 4) is 0 Å². The van der Waals surface area contributed by atoms with Crippen LogP contribution in [0.1, 0.15) is 5.56 Å². The topological polar surface area (TPSA) is 261 Å². The van der Waals surface area contributed by atoms with Gasteiger partial charge in [0.15, 0.2) is 6.73 Å². The summed E-state index contributed by atoms with van der Waals surface area (Å²) in [5, 5.41) is 30.5. The molecule has 0 aromatic heterocycles. The highest BCUT2D eigenvalue weighted by Crippen LogP contribution is 2.03. The van der Waals surface area contributed by atoms with E-state index >= 15 is 0 Å². The summed E-state index contributed by atoms with van der Waals surface area (Å²) in [4.78, 5) is 101. The van der Waals surface area contributed by atoms with Crippen LogP contribution in [-0.4, -0.2) is 190 Å². The molecular weight excluding hydrogens is 702 g/mol. The molecule has 0 spiro atoms. The largest absolute Gasteiger partial charge is 0.480 e. The quantitative estimate of drug-likeness (QED) is 0.0293. The second kappa shape index (κ2) is 25.9. The number of nitrogens with one attached hydrogen (secondary N) is 5. The van der Waals surface area contributed by atoms with E-state index in [-0.39, 0.29) is 90.6 Å². The van der Waals surface area contributed by atoms with Gasteiger partial charge < -0.3 is 41.5 Å². The molecule has 0 radical (unpaired) electrons. The van der Waals surface area contributed by atoms with E-state index in [9.17, 15) is 33.6 Å². The molecule has 53 heavy (non-hydrogen) atoms. The third kappa shape index (κ3) is 21.9. The van der Waals surface area contributed by atoms with Crippen molar-refractivity contribution in [1.29, 1.82) is 0 Å². The van der Waals surface area contributed by atoms with Crippen LogP contribution < -0.4 is 26.6 Å². The molecular formula is C32H51N9O12. The van der Waals surface area contributed by atoms with Gasteiger partial charge in [-0.2, -0.15) is 0 Å². The lowest BCUT2D eigenvalue weighted by Crippen LogP contribution is -2.52. The predicted molar refractivity (Wildman–Crippen MR) is 186 cm³/mol. The van der Waals surface area contributed by atoms with Gasteiger partial charge in [0.05, 0.1) is 33.3 Å². The van der Waals surface area contributed by atoms with Crippen molar-refractivity contribution in [2.24, 2.45) is 0 Å². The monoisotopic (exact) mass is 753 g/mol. The van der Waals surface area contributed by atoms with Crippen molar-refractivity contribution in [2.45, 2.75) is 6.61 Å². The molecule has 1 fully saturated rings. The SMILES string of the molecule is COOCNC(=O)CN1CCN(CC(=O)NCCNC(=O)OCc2ccccc2)CCN(CC(=O)NCC(=O)O)CCN(CC(=O)NCC(=O)O)CC1. The van der Waals surface area contributed by atoms with Crippen LogP contribution in [0.4, 0.5) is 4.79 Å². The lowest BCUT2D eigenvalue weighted by atomic mass is 10.2. The van der Waals surface area contributed by atoms with Gasteiger partial charge in [-0.1, -0.05) is 30.3 Å². The summed E-state index contributed by atoms with van der Waals surface area (Å²) in [6, 6.07) is 9.17. The molecule has 7 N–H and O–H groups in total. The highest BCUT2D eigenvalue weighted by Gasteiger charge is 2.22. The third-order valence-electron chi connectivity index (χ3n) is 7.65. The molecule has 0 saturated carbocycles. The maximum Gasteiger partial charge on any atom is 0.407 e. The standard InChI is InChI=1S/C32H51N9O12/c1-51-53-24-37-29(45)22-41-15-10-38(19-26(42)33-7-8-34-32(50)52-23-25-5-3-2-4-6-25)9-11-39(20-27(43)35-17-30(46)47)12-13-40(14-16-41)21-28(44)36-18-31(48)49/h2-6H,7-24H2,1H3,(H,33,42)(H,34,50)(H,35,43)(H,36,44)(H,37,45)(H,46,47)(H,48,49). The first-order chi connectivity index (χ1) is 25.4. The molecule has 1 saturated heterocycles. The number of nitrogens with zero attached hydrogens (tertiary/aromatic N) is 4. The van der Waals surface area contributed by atoms with Gasteiger partial charge >= 0.3 is 18.0 Å². The molecule has 296 valence electrons. The minimum absolute atomic E-state index is 0.0465. The van der Waals surface area contributed by atoms with Gasteiger partial charge in [0.2, 0.25) is 23.6 Å². The van der Waals surface area contributed by atoms with Crippen LogP contribution in [0.15, 0.2) is 30.3 Å². The summed E-state index contributed by atoms with van der Waals surface area (Å²) < 4.78 is 5.17. The summed E-state index contributed by atoms with van der Waals surface area (Å²) in [7, 11) is 1.30. The van der Waals surface area contributed by atoms with E-state index in [1.807, 2.05) is 40.1 Å². The van der Waals surface area contributed by atoms with Gasteiger partial charge in [-0.05, 0) is 5.56 Å². The molecule has 2 rings (SSSR count). The Morgan fingerprint density at radius 1 is 0.585 bits per heavy atom. The van der Waals surface area contributed by atoms with E-state index in [1.54, 1.807) is 9.80 Å². The molecule has 1 aliphatic heterocycles. The van der Waals surface area contributed by atoms with Gasteiger partial charge in [-0.3, -0.25) is 48.4 Å². The minimum Gasteiger partial charge on any atom is -0.480 e. The van der Waals surface area contributed by atoms with Crippen molar-refractivity contribution < 1.29 is 58.3 Å². The molecule has 1 heterocycles. The summed E-state index contributed by atoms with van der Waals surface area (Å²) in [6.07, 6.45) is -0.629. The van der Waals surface area contributed by atoms with Crippen LogP contribution in [0.25, 0.3) is 0 Å².